The van der Waals surface area contributed by atoms with E-state index in [9.17, 15) is 13.2 Å². The summed E-state index contributed by atoms with van der Waals surface area (Å²) >= 11 is 0. The van der Waals surface area contributed by atoms with Gasteiger partial charge in [0.1, 0.15) is 5.69 Å². The Labute approximate surface area is 134 Å². The molecule has 0 atom stereocenters. The number of hydrogen-bond acceptors (Lipinski definition) is 5. The first-order chi connectivity index (χ1) is 11.0. The Hall–Kier alpha value is -2.41. The van der Waals surface area contributed by atoms with E-state index in [0.29, 0.717) is 30.8 Å². The quantitative estimate of drug-likeness (QED) is 0.804. The highest BCUT2D eigenvalue weighted by atomic mass is 32.2. The summed E-state index contributed by atoms with van der Waals surface area (Å²) in [5, 5.41) is 0. The van der Waals surface area contributed by atoms with Crippen LogP contribution < -0.4 is 4.31 Å². The van der Waals surface area contributed by atoms with Gasteiger partial charge < -0.3 is 4.74 Å². The average Bonchev–Trinajstić information content (AvgIpc) is 2.60. The van der Waals surface area contributed by atoms with Crippen molar-refractivity contribution in [3.05, 3.63) is 53.9 Å². The van der Waals surface area contributed by atoms with Gasteiger partial charge in [0.05, 0.1) is 23.4 Å². The Balaban J connectivity index is 2.04. The first-order valence-electron chi connectivity index (χ1n) is 7.20. The van der Waals surface area contributed by atoms with Crippen molar-refractivity contribution in [3.8, 4) is 0 Å². The van der Waals surface area contributed by atoms with Crippen LogP contribution in [0.15, 0.2) is 47.4 Å². The van der Waals surface area contributed by atoms with Crippen LogP contribution in [0.1, 0.15) is 22.6 Å². The van der Waals surface area contributed by atoms with Crippen molar-refractivity contribution in [1.82, 2.24) is 4.98 Å². The molecule has 120 valence electrons. The van der Waals surface area contributed by atoms with Gasteiger partial charge in [-0.25, -0.2) is 18.2 Å². The number of anilines is 1. The number of fused-ring (bicyclic) bond motifs is 1. The van der Waals surface area contributed by atoms with E-state index in [-0.39, 0.29) is 10.6 Å². The molecule has 0 bridgehead atoms. The SMILES string of the molecule is COC(=O)c1ccc2c(n1)CCCN2S(=O)(=O)c1ccccc1. The zero-order valence-electron chi connectivity index (χ0n) is 12.6. The van der Waals surface area contributed by atoms with Crippen LogP contribution in [0.3, 0.4) is 0 Å². The van der Waals surface area contributed by atoms with Crippen LogP contribution in [0.25, 0.3) is 0 Å². The van der Waals surface area contributed by atoms with Crippen LogP contribution in [0.4, 0.5) is 5.69 Å². The van der Waals surface area contributed by atoms with Gasteiger partial charge in [0.25, 0.3) is 10.0 Å². The lowest BCUT2D eigenvalue weighted by atomic mass is 10.1. The van der Waals surface area contributed by atoms with E-state index < -0.39 is 16.0 Å². The Kier molecular flexibility index (Phi) is 4.04. The minimum absolute atomic E-state index is 0.185. The monoisotopic (exact) mass is 332 g/mol. The van der Waals surface area contributed by atoms with Gasteiger partial charge in [0, 0.05) is 6.54 Å². The smallest absolute Gasteiger partial charge is 0.356 e. The number of benzene rings is 1. The lowest BCUT2D eigenvalue weighted by molar-refractivity contribution is 0.0593. The molecule has 3 rings (SSSR count). The molecule has 0 N–H and O–H groups in total. The van der Waals surface area contributed by atoms with E-state index in [1.165, 1.54) is 17.5 Å². The second-order valence-electron chi connectivity index (χ2n) is 5.15. The Bertz CT molecular complexity index is 834. The number of nitrogens with zero attached hydrogens (tertiary/aromatic N) is 2. The predicted octanol–water partition coefficient (Wildman–Crippen LogP) is 2.01. The molecule has 0 unspecified atom stereocenters. The maximum atomic E-state index is 12.8. The van der Waals surface area contributed by atoms with E-state index >= 15 is 0 Å². The summed E-state index contributed by atoms with van der Waals surface area (Å²) in [5.74, 6) is -0.532. The number of carbonyl (C=O) groups is 1. The summed E-state index contributed by atoms with van der Waals surface area (Å²) in [6.45, 7) is 0.392. The molecule has 7 heteroatoms. The number of esters is 1. The average molecular weight is 332 g/mol. The third-order valence-corrected chi connectivity index (χ3v) is 5.55. The van der Waals surface area contributed by atoms with E-state index in [2.05, 4.69) is 9.72 Å². The largest absolute Gasteiger partial charge is 0.464 e. The maximum Gasteiger partial charge on any atom is 0.356 e. The molecule has 1 aliphatic heterocycles. The highest BCUT2D eigenvalue weighted by molar-refractivity contribution is 7.92. The summed E-state index contributed by atoms with van der Waals surface area (Å²) in [6.07, 6.45) is 1.28. The predicted molar refractivity (Wildman–Crippen MR) is 84.9 cm³/mol. The van der Waals surface area contributed by atoms with Gasteiger partial charge in [0.2, 0.25) is 0 Å². The van der Waals surface area contributed by atoms with Crippen molar-refractivity contribution < 1.29 is 17.9 Å². The summed E-state index contributed by atoms with van der Waals surface area (Å²) in [5.41, 5.74) is 1.30. The highest BCUT2D eigenvalue weighted by Gasteiger charge is 2.30. The van der Waals surface area contributed by atoms with Gasteiger partial charge in [-0.15, -0.1) is 0 Å². The maximum absolute atomic E-state index is 12.8. The number of aryl methyl sites for hydroxylation is 1. The molecular formula is C16H16N2O4S. The number of aromatic nitrogens is 1. The molecule has 0 saturated heterocycles. The number of sulfonamides is 1. The van der Waals surface area contributed by atoms with Crippen LogP contribution in [0.5, 0.6) is 0 Å². The molecular weight excluding hydrogens is 316 g/mol. The summed E-state index contributed by atoms with van der Waals surface area (Å²) < 4.78 is 31.7. The summed E-state index contributed by atoms with van der Waals surface area (Å²) in [7, 11) is -2.35. The molecule has 2 heterocycles. The van der Waals surface area contributed by atoms with Crippen molar-refractivity contribution in [2.45, 2.75) is 17.7 Å². The van der Waals surface area contributed by atoms with Crippen LogP contribution >= 0.6 is 0 Å². The van der Waals surface area contributed by atoms with Crippen LogP contribution in [0.2, 0.25) is 0 Å². The molecule has 0 spiro atoms. The van der Waals surface area contributed by atoms with Gasteiger partial charge in [-0.05, 0) is 37.1 Å². The first kappa shape index (κ1) is 15.5. The number of ether oxygens (including phenoxy) is 1. The summed E-state index contributed by atoms with van der Waals surface area (Å²) in [6, 6.07) is 11.4. The highest BCUT2D eigenvalue weighted by Crippen LogP contribution is 2.31. The molecule has 23 heavy (non-hydrogen) atoms. The van der Waals surface area contributed by atoms with Crippen molar-refractivity contribution in [1.29, 1.82) is 0 Å². The fourth-order valence-electron chi connectivity index (χ4n) is 2.60. The van der Waals surface area contributed by atoms with E-state index in [1.807, 2.05) is 0 Å². The van der Waals surface area contributed by atoms with E-state index in [4.69, 9.17) is 0 Å². The normalized spacial score (nSPS) is 14.2. The number of pyridine rings is 1. The van der Waals surface area contributed by atoms with Gasteiger partial charge in [-0.2, -0.15) is 0 Å². The van der Waals surface area contributed by atoms with Gasteiger partial charge in [-0.1, -0.05) is 18.2 Å². The standard InChI is InChI=1S/C16H16N2O4S/c1-22-16(19)14-9-10-15-13(17-14)8-5-11-18(15)23(20,21)12-6-3-2-4-7-12/h2-4,6-7,9-10H,5,8,11H2,1H3. The minimum atomic E-state index is -3.64. The second kappa shape index (κ2) is 6.00. The van der Waals surface area contributed by atoms with Crippen LogP contribution in [0, 0.1) is 0 Å². The summed E-state index contributed by atoms with van der Waals surface area (Å²) in [4.78, 5) is 16.1. The van der Waals surface area contributed by atoms with Crippen molar-refractivity contribution in [2.24, 2.45) is 0 Å². The molecule has 2 aromatic rings. The van der Waals surface area contributed by atoms with Crippen molar-refractivity contribution in [2.75, 3.05) is 18.0 Å². The number of rotatable bonds is 3. The van der Waals surface area contributed by atoms with E-state index in [1.54, 1.807) is 36.4 Å². The van der Waals surface area contributed by atoms with Crippen molar-refractivity contribution in [3.63, 3.8) is 0 Å². The topological polar surface area (TPSA) is 76.6 Å². The van der Waals surface area contributed by atoms with Gasteiger partial charge >= 0.3 is 5.97 Å². The lowest BCUT2D eigenvalue weighted by Gasteiger charge is -2.30. The van der Waals surface area contributed by atoms with Crippen LogP contribution in [-0.2, 0) is 21.2 Å². The van der Waals surface area contributed by atoms with Crippen LogP contribution in [-0.4, -0.2) is 33.0 Å². The molecule has 0 aliphatic carbocycles. The Morgan fingerprint density at radius 3 is 2.61 bits per heavy atom. The third-order valence-electron chi connectivity index (χ3n) is 3.72. The lowest BCUT2D eigenvalue weighted by Crippen LogP contribution is -2.36. The zero-order chi connectivity index (χ0) is 16.4. The number of hydrogen-bond donors (Lipinski definition) is 0. The Morgan fingerprint density at radius 1 is 1.17 bits per heavy atom. The zero-order valence-corrected chi connectivity index (χ0v) is 13.4. The third kappa shape index (κ3) is 2.79. The van der Waals surface area contributed by atoms with Gasteiger partial charge in [-0.3, -0.25) is 4.31 Å². The number of carbonyl (C=O) groups excluding carboxylic acids is 1. The molecule has 0 saturated carbocycles. The molecule has 6 nitrogen and oxygen atoms in total. The molecule has 0 amide bonds. The molecule has 1 aromatic carbocycles. The Morgan fingerprint density at radius 2 is 1.91 bits per heavy atom. The first-order valence-corrected chi connectivity index (χ1v) is 8.64. The fraction of sp³-hybridized carbons (Fsp3) is 0.250. The van der Waals surface area contributed by atoms with E-state index in [0.717, 1.165) is 0 Å². The molecule has 1 aliphatic rings. The van der Waals surface area contributed by atoms with Crippen molar-refractivity contribution >= 4 is 21.7 Å². The molecule has 1 aromatic heterocycles. The fourth-order valence-corrected chi connectivity index (χ4v) is 4.15. The molecule has 0 radical (unpaired) electrons. The minimum Gasteiger partial charge on any atom is -0.464 e. The second-order valence-corrected chi connectivity index (χ2v) is 7.01. The van der Waals surface area contributed by atoms with Gasteiger partial charge in [0.15, 0.2) is 0 Å². The number of methoxy groups -OCH3 is 1. The molecule has 0 fully saturated rings.